The second kappa shape index (κ2) is 4.75. The van der Waals surface area contributed by atoms with Crippen LogP contribution in [0.1, 0.15) is 39.5 Å². The Hall–Kier alpha value is -0.560. The summed E-state index contributed by atoms with van der Waals surface area (Å²) in [4.78, 5) is 0. The largest absolute Gasteiger partial charge is 0.396 e. The first-order chi connectivity index (χ1) is 7.63. The lowest BCUT2D eigenvalue weighted by Crippen LogP contribution is -2.35. The van der Waals surface area contributed by atoms with E-state index in [2.05, 4.69) is 26.5 Å². The molecular weight excluding hydrogens is 196 g/mol. The number of hydrogen-bond acceptors (Lipinski definition) is 1. The van der Waals surface area contributed by atoms with Crippen LogP contribution in [0.25, 0.3) is 0 Å². The molecule has 4 atom stereocenters. The maximum atomic E-state index is 9.37. The zero-order valence-electron chi connectivity index (χ0n) is 10.6. The first kappa shape index (κ1) is 11.9. The van der Waals surface area contributed by atoms with Crippen molar-refractivity contribution >= 4 is 0 Å². The molecule has 0 heterocycles. The number of allylic oxidation sites excluding steroid dienone is 3. The van der Waals surface area contributed by atoms with E-state index in [-0.39, 0.29) is 0 Å². The molecule has 0 aliphatic heterocycles. The van der Waals surface area contributed by atoms with Gasteiger partial charge in [0.05, 0.1) is 0 Å². The van der Waals surface area contributed by atoms with E-state index in [0.29, 0.717) is 30.3 Å². The van der Waals surface area contributed by atoms with Gasteiger partial charge in [-0.15, -0.1) is 0 Å². The Bertz CT molecular complexity index is 303. The standard InChI is InChI=1S/C15H24O/c1-10-4-6-13-11(2)5-7-14(12(3)9-16)15(13)8-10/h8,12-16H,2,4-7,9H2,1,3H3/t12-,13+,14+,15-/m1/s1. The molecule has 90 valence electrons. The topological polar surface area (TPSA) is 20.2 Å². The summed E-state index contributed by atoms with van der Waals surface area (Å²) in [5.74, 6) is 2.44. The van der Waals surface area contributed by atoms with Crippen molar-refractivity contribution in [3.63, 3.8) is 0 Å². The molecule has 0 saturated heterocycles. The van der Waals surface area contributed by atoms with E-state index in [9.17, 15) is 5.11 Å². The third kappa shape index (κ3) is 2.10. The average molecular weight is 220 g/mol. The summed E-state index contributed by atoms with van der Waals surface area (Å²) in [5, 5.41) is 9.37. The molecule has 0 bridgehead atoms. The third-order valence-electron chi connectivity index (χ3n) is 4.63. The van der Waals surface area contributed by atoms with Crippen LogP contribution in [-0.2, 0) is 0 Å². The molecular formula is C15H24O. The van der Waals surface area contributed by atoms with E-state index in [4.69, 9.17) is 0 Å². The van der Waals surface area contributed by atoms with Crippen molar-refractivity contribution in [1.29, 1.82) is 0 Å². The monoisotopic (exact) mass is 220 g/mol. The number of hydrogen-bond donors (Lipinski definition) is 1. The van der Waals surface area contributed by atoms with Crippen LogP contribution in [0.4, 0.5) is 0 Å². The molecule has 0 aromatic rings. The van der Waals surface area contributed by atoms with Gasteiger partial charge in [-0.2, -0.15) is 0 Å². The lowest BCUT2D eigenvalue weighted by molar-refractivity contribution is 0.115. The van der Waals surface area contributed by atoms with E-state index in [1.54, 1.807) is 0 Å². The molecule has 0 spiro atoms. The normalized spacial score (nSPS) is 36.6. The summed E-state index contributed by atoms with van der Waals surface area (Å²) in [5.41, 5.74) is 2.99. The summed E-state index contributed by atoms with van der Waals surface area (Å²) in [6.45, 7) is 9.01. The Kier molecular flexibility index (Phi) is 3.53. The second-order valence-electron chi connectivity index (χ2n) is 5.76. The molecule has 2 aliphatic carbocycles. The fourth-order valence-electron chi connectivity index (χ4n) is 3.53. The van der Waals surface area contributed by atoms with Crippen LogP contribution >= 0.6 is 0 Å². The Morgan fingerprint density at radius 3 is 2.88 bits per heavy atom. The van der Waals surface area contributed by atoms with E-state index in [1.165, 1.54) is 36.8 Å². The summed E-state index contributed by atoms with van der Waals surface area (Å²) < 4.78 is 0. The first-order valence-electron chi connectivity index (χ1n) is 6.59. The van der Waals surface area contributed by atoms with E-state index in [0.717, 1.165) is 0 Å². The van der Waals surface area contributed by atoms with E-state index in [1.807, 2.05) is 0 Å². The molecule has 1 N–H and O–H groups in total. The second-order valence-corrected chi connectivity index (χ2v) is 5.76. The van der Waals surface area contributed by atoms with Gasteiger partial charge in [0, 0.05) is 6.61 Å². The molecule has 2 aliphatic rings. The molecule has 0 radical (unpaired) electrons. The molecule has 1 nitrogen and oxygen atoms in total. The lowest BCUT2D eigenvalue weighted by atomic mass is 9.62. The lowest BCUT2D eigenvalue weighted by Gasteiger charge is -2.43. The van der Waals surface area contributed by atoms with Crippen LogP contribution in [-0.4, -0.2) is 11.7 Å². The molecule has 2 rings (SSSR count). The average Bonchev–Trinajstić information content (AvgIpc) is 2.28. The van der Waals surface area contributed by atoms with Gasteiger partial charge in [0.1, 0.15) is 0 Å². The van der Waals surface area contributed by atoms with Crippen molar-refractivity contribution < 1.29 is 5.11 Å². The predicted molar refractivity (Wildman–Crippen MR) is 68.1 cm³/mol. The molecule has 0 aromatic heterocycles. The molecule has 0 unspecified atom stereocenters. The highest BCUT2D eigenvalue weighted by atomic mass is 16.3. The first-order valence-corrected chi connectivity index (χ1v) is 6.59. The summed E-state index contributed by atoms with van der Waals surface area (Å²) in [7, 11) is 0. The Morgan fingerprint density at radius 2 is 2.19 bits per heavy atom. The summed E-state index contributed by atoms with van der Waals surface area (Å²) in [6, 6.07) is 0. The third-order valence-corrected chi connectivity index (χ3v) is 4.63. The van der Waals surface area contributed by atoms with Gasteiger partial charge < -0.3 is 5.11 Å². The predicted octanol–water partition coefficient (Wildman–Crippen LogP) is 3.55. The molecule has 0 amide bonds. The van der Waals surface area contributed by atoms with Crippen molar-refractivity contribution in [2.75, 3.05) is 6.61 Å². The minimum atomic E-state index is 0.327. The van der Waals surface area contributed by atoms with Crippen LogP contribution in [0, 0.1) is 23.7 Å². The van der Waals surface area contributed by atoms with Crippen LogP contribution in [0.2, 0.25) is 0 Å². The highest BCUT2D eigenvalue weighted by molar-refractivity contribution is 5.19. The maximum Gasteiger partial charge on any atom is 0.0459 e. The SMILES string of the molecule is C=C1CC[C@@H]([C@H](C)CO)[C@@H]2C=C(C)CC[C@@H]12. The molecule has 16 heavy (non-hydrogen) atoms. The van der Waals surface area contributed by atoms with Gasteiger partial charge in [-0.3, -0.25) is 0 Å². The number of rotatable bonds is 2. The van der Waals surface area contributed by atoms with Gasteiger partial charge in [0.25, 0.3) is 0 Å². The molecule has 0 aromatic carbocycles. The van der Waals surface area contributed by atoms with Gasteiger partial charge in [0.15, 0.2) is 0 Å². The minimum Gasteiger partial charge on any atom is -0.396 e. The van der Waals surface area contributed by atoms with Crippen LogP contribution in [0.5, 0.6) is 0 Å². The van der Waals surface area contributed by atoms with Crippen molar-refractivity contribution in [3.05, 3.63) is 23.8 Å². The molecule has 1 saturated carbocycles. The fourth-order valence-corrected chi connectivity index (χ4v) is 3.53. The number of aliphatic hydroxyl groups excluding tert-OH is 1. The maximum absolute atomic E-state index is 9.37. The van der Waals surface area contributed by atoms with Gasteiger partial charge >= 0.3 is 0 Å². The van der Waals surface area contributed by atoms with E-state index < -0.39 is 0 Å². The van der Waals surface area contributed by atoms with Gasteiger partial charge in [0.2, 0.25) is 0 Å². The Balaban J connectivity index is 2.22. The zero-order chi connectivity index (χ0) is 11.7. The van der Waals surface area contributed by atoms with Gasteiger partial charge in [-0.05, 0) is 56.3 Å². The van der Waals surface area contributed by atoms with Crippen LogP contribution in [0.3, 0.4) is 0 Å². The van der Waals surface area contributed by atoms with Crippen LogP contribution in [0.15, 0.2) is 23.8 Å². The number of fused-ring (bicyclic) bond motifs is 1. The number of aliphatic hydroxyl groups is 1. The highest BCUT2D eigenvalue weighted by Crippen LogP contribution is 2.47. The summed E-state index contributed by atoms with van der Waals surface area (Å²) in [6.07, 6.45) is 7.37. The molecule has 1 heteroatoms. The Morgan fingerprint density at radius 1 is 1.44 bits per heavy atom. The minimum absolute atomic E-state index is 0.327. The fraction of sp³-hybridized carbons (Fsp3) is 0.733. The quantitative estimate of drug-likeness (QED) is 0.706. The van der Waals surface area contributed by atoms with Crippen molar-refractivity contribution in [2.45, 2.75) is 39.5 Å². The summed E-state index contributed by atoms with van der Waals surface area (Å²) >= 11 is 0. The van der Waals surface area contributed by atoms with Crippen molar-refractivity contribution in [1.82, 2.24) is 0 Å². The van der Waals surface area contributed by atoms with Gasteiger partial charge in [-0.25, -0.2) is 0 Å². The van der Waals surface area contributed by atoms with Crippen LogP contribution < -0.4 is 0 Å². The Labute approximate surface area is 99.3 Å². The zero-order valence-corrected chi connectivity index (χ0v) is 10.6. The van der Waals surface area contributed by atoms with E-state index >= 15 is 0 Å². The highest BCUT2D eigenvalue weighted by Gasteiger charge is 2.37. The van der Waals surface area contributed by atoms with Crippen molar-refractivity contribution in [2.24, 2.45) is 23.7 Å². The van der Waals surface area contributed by atoms with Gasteiger partial charge in [-0.1, -0.05) is 30.7 Å². The van der Waals surface area contributed by atoms with Crippen molar-refractivity contribution in [3.8, 4) is 0 Å². The molecule has 1 fully saturated rings. The smallest absolute Gasteiger partial charge is 0.0459 e.